The molecule has 1 N–H and O–H groups in total. The van der Waals surface area contributed by atoms with Gasteiger partial charge in [-0.1, -0.05) is 24.3 Å². The van der Waals surface area contributed by atoms with E-state index in [1.807, 2.05) is 37.3 Å². The summed E-state index contributed by atoms with van der Waals surface area (Å²) in [7, 11) is 0. The summed E-state index contributed by atoms with van der Waals surface area (Å²) in [5.41, 5.74) is 7.99. The molecule has 0 saturated carbocycles. The van der Waals surface area contributed by atoms with Crippen molar-refractivity contribution in [2.24, 2.45) is 0 Å². The van der Waals surface area contributed by atoms with E-state index in [2.05, 4.69) is 13.0 Å². The summed E-state index contributed by atoms with van der Waals surface area (Å²) in [4.78, 5) is 23.0. The van der Waals surface area contributed by atoms with Gasteiger partial charge in [0.1, 0.15) is 23.1 Å². The Morgan fingerprint density at radius 1 is 0.977 bits per heavy atom. The first-order valence-electron chi connectivity index (χ1n) is 14.8. The molecule has 44 heavy (non-hydrogen) atoms. The molecule has 1 atom stereocenters. The number of carboxylic acids is 1. The number of hydrogen-bond acceptors (Lipinski definition) is 7. The SMILES string of the molecule is Cc1c(-c2nc3c(o2)CCC3)cccc1-c1cccc(-c2nc3cc(CN4CCCC4C(=O)O)c(OC(F)F)cc3o2)c1C. The van der Waals surface area contributed by atoms with Crippen LogP contribution >= 0.6 is 0 Å². The number of nitrogens with zero attached hydrogens (tertiary/aromatic N) is 3. The molecule has 0 radical (unpaired) electrons. The van der Waals surface area contributed by atoms with Gasteiger partial charge in [0, 0.05) is 35.7 Å². The molecule has 7 rings (SSSR count). The average Bonchev–Trinajstić information content (AvgIpc) is 3.77. The van der Waals surface area contributed by atoms with Crippen LogP contribution in [0.5, 0.6) is 5.75 Å². The van der Waals surface area contributed by atoms with Crippen LogP contribution in [0, 0.1) is 13.8 Å². The van der Waals surface area contributed by atoms with Crippen LogP contribution in [0.4, 0.5) is 8.78 Å². The highest BCUT2D eigenvalue weighted by Gasteiger charge is 2.31. The highest BCUT2D eigenvalue weighted by Crippen LogP contribution is 2.39. The van der Waals surface area contributed by atoms with Gasteiger partial charge in [0.2, 0.25) is 11.8 Å². The Bertz CT molecular complexity index is 1870. The van der Waals surface area contributed by atoms with Gasteiger partial charge in [0.25, 0.3) is 0 Å². The highest BCUT2D eigenvalue weighted by molar-refractivity contribution is 5.84. The van der Waals surface area contributed by atoms with E-state index in [0.29, 0.717) is 41.4 Å². The topological polar surface area (TPSA) is 102 Å². The minimum atomic E-state index is -3.04. The summed E-state index contributed by atoms with van der Waals surface area (Å²) in [5, 5.41) is 9.60. The van der Waals surface area contributed by atoms with E-state index in [-0.39, 0.29) is 12.3 Å². The van der Waals surface area contributed by atoms with Gasteiger partial charge in [-0.3, -0.25) is 9.69 Å². The molecule has 1 aliphatic carbocycles. The maximum atomic E-state index is 13.4. The van der Waals surface area contributed by atoms with E-state index < -0.39 is 18.6 Å². The molecule has 1 saturated heterocycles. The van der Waals surface area contributed by atoms with E-state index in [1.165, 1.54) is 6.07 Å². The Hall–Kier alpha value is -4.57. The smallest absolute Gasteiger partial charge is 0.387 e. The Labute approximate surface area is 252 Å². The third kappa shape index (κ3) is 5.02. The summed E-state index contributed by atoms with van der Waals surface area (Å²) in [6, 6.07) is 14.4. The van der Waals surface area contributed by atoms with Crippen LogP contribution in [-0.2, 0) is 24.2 Å². The first-order valence-corrected chi connectivity index (χ1v) is 14.8. The monoisotopic (exact) mass is 599 g/mol. The van der Waals surface area contributed by atoms with Crippen molar-refractivity contribution in [3.63, 3.8) is 0 Å². The molecular formula is C34H31F2N3O5. The lowest BCUT2D eigenvalue weighted by atomic mass is 9.91. The van der Waals surface area contributed by atoms with Gasteiger partial charge < -0.3 is 18.7 Å². The number of benzene rings is 3. The van der Waals surface area contributed by atoms with E-state index in [4.69, 9.17) is 23.5 Å². The number of likely N-dealkylation sites (tertiary alicyclic amines) is 1. The molecule has 0 spiro atoms. The molecular weight excluding hydrogens is 568 g/mol. The number of aryl methyl sites for hydroxylation is 2. The van der Waals surface area contributed by atoms with E-state index >= 15 is 0 Å². The van der Waals surface area contributed by atoms with E-state index in [0.717, 1.165) is 70.5 Å². The average molecular weight is 600 g/mol. The largest absolute Gasteiger partial charge is 0.480 e. The highest BCUT2D eigenvalue weighted by atomic mass is 19.3. The van der Waals surface area contributed by atoms with Crippen molar-refractivity contribution in [3.05, 3.63) is 76.7 Å². The second kappa shape index (κ2) is 11.2. The van der Waals surface area contributed by atoms with Crippen molar-refractivity contribution in [1.82, 2.24) is 14.9 Å². The van der Waals surface area contributed by atoms with Gasteiger partial charge in [0.15, 0.2) is 5.58 Å². The first-order chi connectivity index (χ1) is 21.3. The molecule has 2 aromatic heterocycles. The summed E-state index contributed by atoms with van der Waals surface area (Å²) < 4.78 is 43.8. The number of carbonyl (C=O) groups is 1. The van der Waals surface area contributed by atoms with Crippen LogP contribution in [0.1, 0.15) is 47.4 Å². The number of aliphatic carboxylic acids is 1. The number of rotatable bonds is 8. The lowest BCUT2D eigenvalue weighted by Gasteiger charge is -2.22. The van der Waals surface area contributed by atoms with Crippen molar-refractivity contribution < 1.29 is 32.3 Å². The fraction of sp³-hybridized carbons (Fsp3) is 0.324. The molecule has 0 bridgehead atoms. The third-order valence-corrected chi connectivity index (χ3v) is 8.82. The van der Waals surface area contributed by atoms with Gasteiger partial charge in [0.05, 0.1) is 5.69 Å². The van der Waals surface area contributed by atoms with Crippen molar-refractivity contribution in [2.75, 3.05) is 6.54 Å². The van der Waals surface area contributed by atoms with Crippen molar-refractivity contribution in [2.45, 2.75) is 65.1 Å². The normalized spacial score (nSPS) is 16.7. The lowest BCUT2D eigenvalue weighted by Crippen LogP contribution is -2.35. The van der Waals surface area contributed by atoms with Crippen LogP contribution in [0.15, 0.2) is 57.4 Å². The van der Waals surface area contributed by atoms with Crippen molar-refractivity contribution in [1.29, 1.82) is 0 Å². The molecule has 1 fully saturated rings. The Morgan fingerprint density at radius 3 is 2.32 bits per heavy atom. The number of aromatic nitrogens is 2. The van der Waals surface area contributed by atoms with Crippen LogP contribution in [0.3, 0.4) is 0 Å². The predicted octanol–water partition coefficient (Wildman–Crippen LogP) is 7.57. The second-order valence-corrected chi connectivity index (χ2v) is 11.5. The molecule has 226 valence electrons. The minimum Gasteiger partial charge on any atom is -0.480 e. The Balaban J connectivity index is 1.25. The molecule has 10 heteroatoms. The minimum absolute atomic E-state index is 0.0540. The zero-order chi connectivity index (χ0) is 30.5. The van der Waals surface area contributed by atoms with Gasteiger partial charge in [-0.05, 0) is 86.5 Å². The molecule has 3 heterocycles. The van der Waals surface area contributed by atoms with E-state index in [9.17, 15) is 18.7 Å². The maximum absolute atomic E-state index is 13.4. The molecule has 1 aliphatic heterocycles. The maximum Gasteiger partial charge on any atom is 0.387 e. The quantitative estimate of drug-likeness (QED) is 0.195. The van der Waals surface area contributed by atoms with Gasteiger partial charge in [-0.25, -0.2) is 9.97 Å². The zero-order valence-electron chi connectivity index (χ0n) is 24.4. The Kier molecular flexibility index (Phi) is 7.16. The fourth-order valence-corrected chi connectivity index (χ4v) is 6.58. The Morgan fingerprint density at radius 2 is 1.66 bits per heavy atom. The molecule has 5 aromatic rings. The molecule has 2 aliphatic rings. The molecule has 8 nitrogen and oxygen atoms in total. The van der Waals surface area contributed by atoms with Gasteiger partial charge >= 0.3 is 12.6 Å². The summed E-state index contributed by atoms with van der Waals surface area (Å²) >= 11 is 0. The van der Waals surface area contributed by atoms with Crippen LogP contribution in [0.25, 0.3) is 45.1 Å². The zero-order valence-corrected chi connectivity index (χ0v) is 24.4. The third-order valence-electron chi connectivity index (χ3n) is 8.82. The van der Waals surface area contributed by atoms with Crippen molar-refractivity contribution >= 4 is 17.1 Å². The number of oxazole rings is 2. The summed E-state index contributed by atoms with van der Waals surface area (Å²) in [6.07, 6.45) is 4.17. The first kappa shape index (κ1) is 28.2. The number of hydrogen-bond donors (Lipinski definition) is 1. The van der Waals surface area contributed by atoms with Crippen LogP contribution in [-0.4, -0.2) is 45.1 Å². The van der Waals surface area contributed by atoms with Crippen LogP contribution < -0.4 is 4.74 Å². The summed E-state index contributed by atoms with van der Waals surface area (Å²) in [6.45, 7) is 1.72. The van der Waals surface area contributed by atoms with Gasteiger partial charge in [-0.2, -0.15) is 8.78 Å². The number of fused-ring (bicyclic) bond motifs is 2. The molecule has 0 amide bonds. The molecule has 1 unspecified atom stereocenters. The van der Waals surface area contributed by atoms with Crippen LogP contribution in [0.2, 0.25) is 0 Å². The lowest BCUT2D eigenvalue weighted by molar-refractivity contribution is -0.142. The van der Waals surface area contributed by atoms with E-state index in [1.54, 1.807) is 11.0 Å². The van der Waals surface area contributed by atoms with Crippen molar-refractivity contribution in [3.8, 4) is 39.8 Å². The number of ether oxygens (including phenoxy) is 1. The number of halogens is 2. The second-order valence-electron chi connectivity index (χ2n) is 11.5. The summed E-state index contributed by atoms with van der Waals surface area (Å²) in [5.74, 6) is 0.988. The molecule has 3 aromatic carbocycles. The standard InChI is InChI=1S/C34H31F2N3O5/c1-18-21(7-3-9-23(18)31-37-25-11-5-13-28(25)42-31)22-8-4-10-24(19(22)2)32-38-26-15-20(17-39-14-6-12-27(39)33(40)41)29(44-34(35)36)16-30(26)43-32/h3-4,7-10,15-16,27,34H,5-6,11-14,17H2,1-2H3,(H,40,41). The predicted molar refractivity (Wildman–Crippen MR) is 160 cm³/mol. The number of alkyl halides is 2. The number of carboxylic acid groups (broad SMARTS) is 1. The fourth-order valence-electron chi connectivity index (χ4n) is 6.58. The van der Waals surface area contributed by atoms with Gasteiger partial charge in [-0.15, -0.1) is 0 Å².